The van der Waals surface area contributed by atoms with E-state index in [2.05, 4.69) is 10.4 Å². The number of carbonyl (C=O) groups excluding carboxylic acids is 1. The first-order valence-corrected chi connectivity index (χ1v) is 11.5. The number of amides is 1. The third-order valence-corrected chi connectivity index (χ3v) is 6.00. The molecule has 0 aliphatic carbocycles. The average molecular weight is 467 g/mol. The minimum Gasteiger partial charge on any atom is -0.321 e. The summed E-state index contributed by atoms with van der Waals surface area (Å²) < 4.78 is 25.3. The molecule has 0 aliphatic heterocycles. The highest BCUT2D eigenvalue weighted by Gasteiger charge is 2.17. The van der Waals surface area contributed by atoms with Crippen molar-refractivity contribution in [2.45, 2.75) is 11.8 Å². The predicted molar refractivity (Wildman–Crippen MR) is 125 cm³/mol. The van der Waals surface area contributed by atoms with Crippen molar-refractivity contribution in [3.8, 4) is 16.8 Å². The molecule has 0 radical (unpaired) electrons. The molecule has 162 valence electrons. The van der Waals surface area contributed by atoms with Gasteiger partial charge in [0.15, 0.2) is 0 Å². The number of nitrogens with two attached hydrogens (primary N) is 1. The van der Waals surface area contributed by atoms with Crippen LogP contribution in [0.5, 0.6) is 0 Å². The summed E-state index contributed by atoms with van der Waals surface area (Å²) in [5.74, 6) is -0.335. The van der Waals surface area contributed by atoms with Crippen molar-refractivity contribution in [3.63, 3.8) is 0 Å². The van der Waals surface area contributed by atoms with Gasteiger partial charge in [0.25, 0.3) is 5.91 Å². The molecule has 1 heterocycles. The number of rotatable bonds is 5. The molecular weight excluding hydrogens is 448 g/mol. The van der Waals surface area contributed by atoms with E-state index in [9.17, 15) is 13.2 Å². The van der Waals surface area contributed by atoms with Crippen LogP contribution in [-0.2, 0) is 10.0 Å². The van der Waals surface area contributed by atoms with Gasteiger partial charge in [-0.25, -0.2) is 18.2 Å². The van der Waals surface area contributed by atoms with Gasteiger partial charge in [-0.1, -0.05) is 41.9 Å². The number of carbonyl (C=O) groups is 1. The summed E-state index contributed by atoms with van der Waals surface area (Å²) >= 11 is 5.96. The van der Waals surface area contributed by atoms with Crippen LogP contribution >= 0.6 is 11.6 Å². The van der Waals surface area contributed by atoms with Gasteiger partial charge in [0, 0.05) is 16.3 Å². The fraction of sp³-hybridized carbons (Fsp3) is 0.0435. The number of primary sulfonamides is 1. The number of nitrogens with zero attached hydrogens (tertiary/aromatic N) is 2. The number of halogens is 1. The fourth-order valence-corrected chi connectivity index (χ4v) is 4.21. The molecule has 1 aromatic heterocycles. The maximum Gasteiger partial charge on any atom is 0.274 e. The summed E-state index contributed by atoms with van der Waals surface area (Å²) in [6, 6.07) is 22.0. The molecule has 0 spiro atoms. The summed E-state index contributed by atoms with van der Waals surface area (Å²) in [5.41, 5.74) is 3.48. The van der Waals surface area contributed by atoms with Crippen molar-refractivity contribution in [3.05, 3.63) is 95.3 Å². The van der Waals surface area contributed by atoms with E-state index >= 15 is 0 Å². The first kappa shape index (κ1) is 21.8. The number of anilines is 1. The van der Waals surface area contributed by atoms with Gasteiger partial charge in [-0.3, -0.25) is 4.79 Å². The summed E-state index contributed by atoms with van der Waals surface area (Å²) in [6.07, 6.45) is 0. The number of benzene rings is 3. The molecule has 0 bridgehead atoms. The molecule has 3 aromatic carbocycles. The van der Waals surface area contributed by atoms with Crippen LogP contribution in [0.2, 0.25) is 5.02 Å². The van der Waals surface area contributed by atoms with E-state index in [1.165, 1.54) is 6.07 Å². The first-order valence-electron chi connectivity index (χ1n) is 9.58. The second kappa shape index (κ2) is 8.58. The lowest BCUT2D eigenvalue weighted by Crippen LogP contribution is -2.17. The molecule has 0 unspecified atom stereocenters. The molecule has 0 fully saturated rings. The van der Waals surface area contributed by atoms with Crippen LogP contribution in [0.1, 0.15) is 16.2 Å². The van der Waals surface area contributed by atoms with Crippen molar-refractivity contribution >= 4 is 33.2 Å². The Morgan fingerprint density at radius 3 is 2.31 bits per heavy atom. The lowest BCUT2D eigenvalue weighted by atomic mass is 10.1. The lowest BCUT2D eigenvalue weighted by Gasteiger charge is -2.11. The van der Waals surface area contributed by atoms with Gasteiger partial charge in [0.2, 0.25) is 10.0 Å². The molecule has 7 nitrogen and oxygen atoms in total. The molecule has 1 amide bonds. The van der Waals surface area contributed by atoms with Gasteiger partial charge in [-0.05, 0) is 61.0 Å². The average Bonchev–Trinajstić information content (AvgIpc) is 3.16. The van der Waals surface area contributed by atoms with Crippen LogP contribution in [0.15, 0.2) is 83.8 Å². The Kier molecular flexibility index (Phi) is 5.84. The Morgan fingerprint density at radius 2 is 1.66 bits per heavy atom. The van der Waals surface area contributed by atoms with Gasteiger partial charge < -0.3 is 5.32 Å². The van der Waals surface area contributed by atoms with E-state index in [1.54, 1.807) is 84.4 Å². The highest BCUT2D eigenvalue weighted by atomic mass is 35.5. The van der Waals surface area contributed by atoms with Gasteiger partial charge >= 0.3 is 0 Å². The second-order valence-electron chi connectivity index (χ2n) is 7.13. The van der Waals surface area contributed by atoms with Crippen molar-refractivity contribution < 1.29 is 13.2 Å². The Balaban J connectivity index is 1.60. The number of aromatic nitrogens is 2. The largest absolute Gasteiger partial charge is 0.321 e. The third kappa shape index (κ3) is 4.57. The highest BCUT2D eigenvalue weighted by Crippen LogP contribution is 2.28. The molecule has 0 saturated heterocycles. The van der Waals surface area contributed by atoms with Crippen LogP contribution in [0.3, 0.4) is 0 Å². The van der Waals surface area contributed by atoms with Crippen molar-refractivity contribution in [1.82, 2.24) is 9.78 Å². The maximum absolute atomic E-state index is 12.9. The number of aryl methyl sites for hydroxylation is 1. The van der Waals surface area contributed by atoms with Crippen LogP contribution in [0.4, 0.5) is 5.69 Å². The van der Waals surface area contributed by atoms with E-state index in [1.807, 2.05) is 0 Å². The minimum atomic E-state index is -3.87. The van der Waals surface area contributed by atoms with E-state index in [0.717, 1.165) is 0 Å². The zero-order chi connectivity index (χ0) is 22.9. The zero-order valence-corrected chi connectivity index (χ0v) is 18.6. The SMILES string of the molecule is Cc1cc(C(=O)Nc2ccc(-c3ccccc3S(N)(=O)=O)cc2)n(-c2ccc(Cl)cc2)n1. The predicted octanol–water partition coefficient (Wildman–Crippen LogP) is 4.40. The smallest absolute Gasteiger partial charge is 0.274 e. The van der Waals surface area contributed by atoms with Crippen LogP contribution in [0, 0.1) is 6.92 Å². The van der Waals surface area contributed by atoms with Gasteiger partial charge in [-0.2, -0.15) is 5.10 Å². The maximum atomic E-state index is 12.9. The molecule has 32 heavy (non-hydrogen) atoms. The Hall–Kier alpha value is -3.46. The number of sulfonamides is 1. The summed E-state index contributed by atoms with van der Waals surface area (Å²) in [4.78, 5) is 13.0. The third-order valence-electron chi connectivity index (χ3n) is 4.78. The number of hydrogen-bond acceptors (Lipinski definition) is 4. The standard InChI is InChI=1S/C23H19ClN4O3S/c1-15-14-21(28(27-15)19-12-8-17(24)9-13-19)23(29)26-18-10-6-16(7-11-18)20-4-2-3-5-22(20)32(25,30)31/h2-14H,1H3,(H,26,29)(H2,25,30,31). The summed E-state index contributed by atoms with van der Waals surface area (Å²) in [6.45, 7) is 1.81. The molecule has 0 atom stereocenters. The van der Waals surface area contributed by atoms with E-state index in [4.69, 9.17) is 16.7 Å². The van der Waals surface area contributed by atoms with E-state index < -0.39 is 10.0 Å². The summed E-state index contributed by atoms with van der Waals surface area (Å²) in [7, 11) is -3.87. The van der Waals surface area contributed by atoms with Crippen molar-refractivity contribution in [2.75, 3.05) is 5.32 Å². The summed E-state index contributed by atoms with van der Waals surface area (Å²) in [5, 5.41) is 13.2. The Morgan fingerprint density at radius 1 is 1.00 bits per heavy atom. The zero-order valence-electron chi connectivity index (χ0n) is 17.0. The second-order valence-corrected chi connectivity index (χ2v) is 9.10. The first-order chi connectivity index (χ1) is 15.2. The molecule has 4 aromatic rings. The van der Waals surface area contributed by atoms with Crippen LogP contribution < -0.4 is 10.5 Å². The normalized spacial score (nSPS) is 11.3. The monoisotopic (exact) mass is 466 g/mol. The van der Waals surface area contributed by atoms with Gasteiger partial charge in [0.1, 0.15) is 5.69 Å². The Labute approximate surface area is 190 Å². The minimum absolute atomic E-state index is 0.0409. The quantitative estimate of drug-likeness (QED) is 0.454. The van der Waals surface area contributed by atoms with E-state index in [-0.39, 0.29) is 10.8 Å². The molecule has 0 saturated carbocycles. The van der Waals surface area contributed by atoms with Gasteiger partial charge in [0.05, 0.1) is 16.3 Å². The van der Waals surface area contributed by atoms with E-state index in [0.29, 0.717) is 38.9 Å². The van der Waals surface area contributed by atoms with Gasteiger partial charge in [-0.15, -0.1) is 0 Å². The van der Waals surface area contributed by atoms with Crippen LogP contribution in [0.25, 0.3) is 16.8 Å². The topological polar surface area (TPSA) is 107 Å². The highest BCUT2D eigenvalue weighted by molar-refractivity contribution is 7.89. The van der Waals surface area contributed by atoms with Crippen LogP contribution in [-0.4, -0.2) is 24.1 Å². The molecule has 0 aliphatic rings. The molecular formula is C23H19ClN4O3S. The number of hydrogen-bond donors (Lipinski definition) is 2. The molecule has 4 rings (SSSR count). The molecule has 9 heteroatoms. The fourth-order valence-electron chi connectivity index (χ4n) is 3.32. The lowest BCUT2D eigenvalue weighted by molar-refractivity contribution is 0.101. The number of nitrogens with one attached hydrogen (secondary N) is 1. The molecule has 3 N–H and O–H groups in total. The van der Waals surface area contributed by atoms with Crippen molar-refractivity contribution in [1.29, 1.82) is 0 Å². The Bertz CT molecular complexity index is 1400. The van der Waals surface area contributed by atoms with Crippen molar-refractivity contribution in [2.24, 2.45) is 5.14 Å².